The Bertz CT molecular complexity index is 1340. The van der Waals surface area contributed by atoms with Crippen LogP contribution in [0.3, 0.4) is 0 Å². The summed E-state index contributed by atoms with van der Waals surface area (Å²) < 4.78 is 1.85. The average molecular weight is 375 g/mol. The normalized spacial score (nSPS) is 14.5. The molecule has 0 radical (unpaired) electrons. The van der Waals surface area contributed by atoms with Crippen LogP contribution in [-0.2, 0) is 16.0 Å². The van der Waals surface area contributed by atoms with Crippen molar-refractivity contribution in [2.24, 2.45) is 0 Å². The van der Waals surface area contributed by atoms with E-state index in [1.165, 1.54) is 0 Å². The molecule has 0 bridgehead atoms. The molecule has 7 nitrogen and oxygen atoms in total. The van der Waals surface area contributed by atoms with Gasteiger partial charge in [-0.2, -0.15) is 0 Å². The van der Waals surface area contributed by atoms with E-state index in [0.29, 0.717) is 33.7 Å². The summed E-state index contributed by atoms with van der Waals surface area (Å²) >= 11 is 0. The number of rotatable bonds is 3. The van der Waals surface area contributed by atoms with Crippen molar-refractivity contribution in [3.8, 4) is 0 Å². The number of aryl methyl sites for hydroxylation is 2. The highest BCUT2D eigenvalue weighted by Gasteiger charge is 2.36. The number of hydrogen-bond donors (Lipinski definition) is 2. The summed E-state index contributed by atoms with van der Waals surface area (Å²) in [6.45, 7) is 3.85. The first-order valence-electron chi connectivity index (χ1n) is 9.09. The van der Waals surface area contributed by atoms with Crippen LogP contribution in [0.2, 0.25) is 0 Å². The summed E-state index contributed by atoms with van der Waals surface area (Å²) in [5.41, 5.74) is 5.13. The van der Waals surface area contributed by atoms with Gasteiger partial charge in [0.05, 0.1) is 34.4 Å². The predicted molar refractivity (Wildman–Crippen MR) is 110 cm³/mol. The van der Waals surface area contributed by atoms with Gasteiger partial charge in [0.25, 0.3) is 11.8 Å². The molecule has 0 aliphatic carbocycles. The molecule has 7 heteroatoms. The molecule has 4 aromatic rings. The van der Waals surface area contributed by atoms with Gasteiger partial charge in [0, 0.05) is 31.7 Å². The molecule has 2 amide bonds. The van der Waals surface area contributed by atoms with Gasteiger partial charge < -0.3 is 4.98 Å². The minimum atomic E-state index is -0.412. The van der Waals surface area contributed by atoms with Crippen molar-refractivity contribution in [2.75, 3.05) is 0 Å². The summed E-state index contributed by atoms with van der Waals surface area (Å²) in [6, 6.07) is 7.70. The number of imide groups is 1. The lowest BCUT2D eigenvalue weighted by Gasteiger charge is -2.06. The molecule has 1 aliphatic rings. The van der Waals surface area contributed by atoms with E-state index in [1.54, 1.807) is 12.4 Å². The van der Waals surface area contributed by atoms with Crippen LogP contribution in [0, 0.1) is 6.92 Å². The van der Waals surface area contributed by atoms with E-state index in [0.717, 1.165) is 23.0 Å². The van der Waals surface area contributed by atoms with E-state index >= 15 is 0 Å². The molecule has 1 aliphatic heterocycles. The second-order valence-corrected chi connectivity index (χ2v) is 6.79. The molecule has 142 valence electrons. The second kappa shape index (κ2) is 5.88. The molecule has 0 saturated carbocycles. The van der Waals surface area contributed by atoms with Crippen LogP contribution in [0.25, 0.3) is 27.7 Å². The Labute approximate surface area is 163 Å². The van der Waals surface area contributed by atoms with Crippen LogP contribution in [0.15, 0.2) is 42.9 Å². The van der Waals surface area contributed by atoms with Gasteiger partial charge in [0.15, 0.2) is 5.65 Å². The third kappa shape index (κ3) is 2.22. The lowest BCUT2D eigenvalue weighted by Crippen LogP contribution is -2.23. The number of nitrogens with one attached hydrogen (secondary N) is 2. The summed E-state index contributed by atoms with van der Waals surface area (Å²) in [4.78, 5) is 37.7. The average Bonchev–Trinajstić information content (AvgIpc) is 3.33. The van der Waals surface area contributed by atoms with Crippen LogP contribution >= 0.6 is 0 Å². The third-order valence-electron chi connectivity index (χ3n) is 5.13. The number of nitrogens with zero attached hydrogens (tertiary/aromatic N) is 3. The molecule has 0 fully saturated rings. The highest BCUT2D eigenvalue weighted by molar-refractivity contribution is 6.50. The topological polar surface area (TPSA) is 92.2 Å². The second-order valence-electron chi connectivity index (χ2n) is 6.79. The largest absolute Gasteiger partial charge is 0.361 e. The van der Waals surface area contributed by atoms with Crippen molar-refractivity contribution in [1.82, 2.24) is 24.7 Å². The van der Waals surface area contributed by atoms with Crippen molar-refractivity contribution in [1.29, 1.82) is 0 Å². The van der Waals surface area contributed by atoms with E-state index in [-0.39, 0.29) is 2.85 Å². The van der Waals surface area contributed by atoms with E-state index in [9.17, 15) is 9.59 Å². The van der Waals surface area contributed by atoms with Gasteiger partial charge in [-0.25, -0.2) is 4.98 Å². The minimum Gasteiger partial charge on any atom is -0.361 e. The molecule has 3 aromatic heterocycles. The fourth-order valence-corrected chi connectivity index (χ4v) is 3.81. The molecule has 28 heavy (non-hydrogen) atoms. The third-order valence-corrected chi connectivity index (χ3v) is 5.13. The Morgan fingerprint density at radius 3 is 2.75 bits per heavy atom. The maximum atomic E-state index is 12.8. The lowest BCUT2D eigenvalue weighted by molar-refractivity contribution is -0.122. The van der Waals surface area contributed by atoms with E-state index in [4.69, 9.17) is 0 Å². The highest BCUT2D eigenvalue weighted by atomic mass is 16.2. The molecule has 2 N–H and O–H groups in total. The summed E-state index contributed by atoms with van der Waals surface area (Å²) in [7, 11) is 0. The number of carbonyl (C=O) groups is 2. The zero-order chi connectivity index (χ0) is 19.4. The number of aromatic nitrogens is 4. The molecular weight excluding hydrogens is 354 g/mol. The SMILES string of the molecule is CCc1cn2c(C3=C(c4c[nH]c5ccccc45)C(=O)NC3=O)c(C)nc2cn1.[HH].[HH]. The van der Waals surface area contributed by atoms with Gasteiger partial charge in [-0.05, 0) is 19.4 Å². The fraction of sp³-hybridized carbons (Fsp3) is 0.143. The number of benzene rings is 1. The van der Waals surface area contributed by atoms with Crippen molar-refractivity contribution >= 4 is 39.5 Å². The number of hydrogen-bond acceptors (Lipinski definition) is 4. The molecule has 0 unspecified atom stereocenters. The Morgan fingerprint density at radius 1 is 1.14 bits per heavy atom. The predicted octanol–water partition coefficient (Wildman–Crippen LogP) is 3.14. The first kappa shape index (κ1) is 16.4. The van der Waals surface area contributed by atoms with Gasteiger partial charge in [0.2, 0.25) is 0 Å². The van der Waals surface area contributed by atoms with Crippen molar-refractivity contribution < 1.29 is 12.4 Å². The number of amides is 2. The van der Waals surface area contributed by atoms with Crippen LogP contribution in [0.1, 0.15) is 32.4 Å². The van der Waals surface area contributed by atoms with Gasteiger partial charge in [-0.1, -0.05) is 25.1 Å². The monoisotopic (exact) mass is 375 g/mol. The number of fused-ring (bicyclic) bond motifs is 2. The fourth-order valence-electron chi connectivity index (χ4n) is 3.81. The summed E-state index contributed by atoms with van der Waals surface area (Å²) in [6.07, 6.45) is 6.10. The standard InChI is InChI=1S/C21H17N5O2.2H2/c1-3-12-10-26-16(9-22-12)24-11(2)19(26)18-17(20(27)25-21(18)28)14-8-23-15-7-5-4-6-13(14)15;;/h4-10,23H,3H2,1-2H3,(H,25,27,28);2*1H. The maximum absolute atomic E-state index is 12.8. The van der Waals surface area contributed by atoms with Crippen LogP contribution in [0.4, 0.5) is 0 Å². The van der Waals surface area contributed by atoms with Crippen molar-refractivity contribution in [2.45, 2.75) is 20.3 Å². The molecular formula is C21H21N5O2. The molecule has 0 spiro atoms. The Hall–Kier alpha value is -3.74. The Morgan fingerprint density at radius 2 is 1.93 bits per heavy atom. The van der Waals surface area contributed by atoms with Crippen molar-refractivity contribution in [3.05, 3.63) is 65.5 Å². The maximum Gasteiger partial charge on any atom is 0.261 e. The van der Waals surface area contributed by atoms with Crippen LogP contribution < -0.4 is 5.32 Å². The Kier molecular flexibility index (Phi) is 3.45. The van der Waals surface area contributed by atoms with Crippen molar-refractivity contribution in [3.63, 3.8) is 0 Å². The van der Waals surface area contributed by atoms with Gasteiger partial charge in [-0.15, -0.1) is 0 Å². The molecule has 0 saturated heterocycles. The van der Waals surface area contributed by atoms with E-state index in [2.05, 4.69) is 20.3 Å². The van der Waals surface area contributed by atoms with Gasteiger partial charge >= 0.3 is 0 Å². The van der Waals surface area contributed by atoms with Crippen LogP contribution in [-0.4, -0.2) is 31.2 Å². The zero-order valence-electron chi connectivity index (χ0n) is 15.4. The first-order chi connectivity index (χ1) is 13.6. The number of para-hydroxylation sites is 1. The number of aromatic amines is 1. The molecule has 5 rings (SSSR count). The zero-order valence-corrected chi connectivity index (χ0v) is 15.4. The summed E-state index contributed by atoms with van der Waals surface area (Å²) in [5, 5.41) is 3.35. The molecule has 0 atom stereocenters. The Balaban J connectivity index is 0.00000128. The summed E-state index contributed by atoms with van der Waals surface area (Å²) in [5.74, 6) is -0.811. The van der Waals surface area contributed by atoms with E-state index in [1.807, 2.05) is 48.7 Å². The van der Waals surface area contributed by atoms with E-state index < -0.39 is 11.8 Å². The smallest absolute Gasteiger partial charge is 0.261 e. The highest BCUT2D eigenvalue weighted by Crippen LogP contribution is 2.36. The number of H-pyrrole nitrogens is 1. The van der Waals surface area contributed by atoms with Gasteiger partial charge in [-0.3, -0.25) is 24.3 Å². The minimum absolute atomic E-state index is 0. The quantitative estimate of drug-likeness (QED) is 0.538. The molecule has 4 heterocycles. The number of imidazole rings is 1. The number of carbonyl (C=O) groups excluding carboxylic acids is 2. The lowest BCUT2D eigenvalue weighted by atomic mass is 9.98. The van der Waals surface area contributed by atoms with Gasteiger partial charge in [0.1, 0.15) is 0 Å². The molecule has 1 aromatic carbocycles. The van der Waals surface area contributed by atoms with Crippen LogP contribution in [0.5, 0.6) is 0 Å². The first-order valence-corrected chi connectivity index (χ1v) is 9.09.